The third-order valence-electron chi connectivity index (χ3n) is 2.45. The number of hydrogen-bond donors (Lipinski definition) is 1. The average Bonchev–Trinajstić information content (AvgIpc) is 2.38. The first kappa shape index (κ1) is 14.9. The fraction of sp³-hybridized carbons (Fsp3) is 0.333. The van der Waals surface area contributed by atoms with E-state index in [1.54, 1.807) is 30.3 Å². The number of nitrogens with zero attached hydrogens (tertiary/aromatic N) is 1. The van der Waals surface area contributed by atoms with Gasteiger partial charge in [-0.05, 0) is 0 Å². The van der Waals surface area contributed by atoms with Crippen molar-refractivity contribution < 1.29 is 29.7 Å². The van der Waals surface area contributed by atoms with Gasteiger partial charge in [-0.1, -0.05) is 0 Å². The second kappa shape index (κ2) is 7.33. The normalized spacial score (nSPS) is 12.2. The van der Waals surface area contributed by atoms with Crippen molar-refractivity contribution in [2.24, 2.45) is 5.73 Å². The Labute approximate surface area is 113 Å². The van der Waals surface area contributed by atoms with Crippen LogP contribution in [-0.4, -0.2) is 34.4 Å². The predicted molar refractivity (Wildman–Crippen MR) is 61.7 cm³/mol. The van der Waals surface area contributed by atoms with E-state index < -0.39 is 22.5 Å². The van der Waals surface area contributed by atoms with Crippen molar-refractivity contribution in [3.8, 4) is 0 Å². The van der Waals surface area contributed by atoms with Crippen molar-refractivity contribution in [3.05, 3.63) is 35.9 Å². The molecule has 0 radical (unpaired) electrons. The van der Waals surface area contributed by atoms with E-state index in [0.29, 0.717) is 5.56 Å². The predicted octanol–water partition coefficient (Wildman–Crippen LogP) is 0.431. The molecule has 1 aromatic rings. The number of ketones is 2. The van der Waals surface area contributed by atoms with E-state index in [1.807, 2.05) is 0 Å². The summed E-state index contributed by atoms with van der Waals surface area (Å²) in [6.45, 7) is 1.85. The van der Waals surface area contributed by atoms with Crippen molar-refractivity contribution in [3.63, 3.8) is 0 Å². The molecule has 96 valence electrons. The van der Waals surface area contributed by atoms with E-state index in [0.717, 1.165) is 0 Å². The first-order valence-electron chi connectivity index (χ1n) is 5.51. The van der Waals surface area contributed by atoms with Crippen LogP contribution in [0.5, 0.6) is 0 Å². The summed E-state index contributed by atoms with van der Waals surface area (Å²) in [4.78, 5) is 23.8. The van der Waals surface area contributed by atoms with Crippen LogP contribution in [0.2, 0.25) is 0 Å². The van der Waals surface area contributed by atoms with Crippen molar-refractivity contribution in [2.75, 3.05) is 13.1 Å². The average molecular weight is 286 g/mol. The Balaban J connectivity index is 3.02. The van der Waals surface area contributed by atoms with E-state index in [2.05, 4.69) is 0 Å². The molecular weight excluding hydrogens is 271 g/mol. The zero-order chi connectivity index (χ0) is 13.5. The van der Waals surface area contributed by atoms with Crippen molar-refractivity contribution >= 4 is 11.6 Å². The van der Waals surface area contributed by atoms with Crippen LogP contribution in [0.25, 0.3) is 0 Å². The molecule has 0 aliphatic rings. The van der Waals surface area contributed by atoms with Crippen molar-refractivity contribution in [1.82, 2.24) is 3.75 Å². The molecule has 0 fully saturated rings. The van der Waals surface area contributed by atoms with E-state index in [-0.39, 0.29) is 24.7 Å². The van der Waals surface area contributed by atoms with E-state index >= 15 is 0 Å². The maximum absolute atomic E-state index is 12.2. The van der Waals surface area contributed by atoms with Gasteiger partial charge in [-0.25, -0.2) is 0 Å². The van der Waals surface area contributed by atoms with Crippen LogP contribution in [0.4, 0.5) is 0 Å². The van der Waals surface area contributed by atoms with Gasteiger partial charge < -0.3 is 0 Å². The second-order valence-electron chi connectivity index (χ2n) is 3.78. The molecule has 0 spiro atoms. The van der Waals surface area contributed by atoms with E-state index in [4.69, 9.17) is 5.73 Å². The Morgan fingerprint density at radius 3 is 2.39 bits per heavy atom. The molecule has 1 atom stereocenters. The van der Waals surface area contributed by atoms with Gasteiger partial charge in [-0.2, -0.15) is 0 Å². The Hall–Kier alpha value is -1.14. The molecule has 0 aliphatic heterocycles. The summed E-state index contributed by atoms with van der Waals surface area (Å²) < 4.78 is 12.5. The Bertz CT molecular complexity index is 436. The van der Waals surface area contributed by atoms with Crippen LogP contribution >= 0.6 is 0 Å². The number of nitrogens with two attached hydrogens (primary N) is 1. The van der Waals surface area contributed by atoms with Gasteiger partial charge in [0.15, 0.2) is 0 Å². The Morgan fingerprint density at radius 2 is 1.94 bits per heavy atom. The molecule has 1 rings (SSSR count). The number of rotatable bonds is 7. The minimum absolute atomic E-state index is 0.254. The standard InChI is InChI=1S/C12H15N2O2.O.V/c1-9(15)11(14-8-7-13)12(16)10-5-3-2-4-6-10;;/h2-6,11H,7-8,13H2,1H3;;/q-1;;+1. The second-order valence-corrected chi connectivity index (χ2v) is 4.83. The monoisotopic (exact) mass is 286 g/mol. The zero-order valence-corrected chi connectivity index (χ0v) is 11.5. The van der Waals surface area contributed by atoms with Crippen LogP contribution in [0.3, 0.4) is 0 Å². The molecule has 0 saturated heterocycles. The molecular formula is C12H15N2O3V. The molecule has 6 heteroatoms. The molecule has 0 aromatic heterocycles. The van der Waals surface area contributed by atoms with Gasteiger partial charge >= 0.3 is 113 Å². The number of carbonyl (C=O) groups excluding carboxylic acids is 2. The van der Waals surface area contributed by atoms with Crippen molar-refractivity contribution in [1.29, 1.82) is 0 Å². The van der Waals surface area contributed by atoms with Crippen LogP contribution < -0.4 is 5.73 Å². The number of hydrogen-bond acceptors (Lipinski definition) is 4. The summed E-state index contributed by atoms with van der Waals surface area (Å²) in [5.74, 6) is -0.647. The van der Waals surface area contributed by atoms with Gasteiger partial charge in [-0.3, -0.25) is 0 Å². The summed E-state index contributed by atoms with van der Waals surface area (Å²) in [7, 11) is 0. The minimum atomic E-state index is -1.46. The molecule has 0 heterocycles. The number of benzene rings is 1. The Morgan fingerprint density at radius 1 is 1.33 bits per heavy atom. The molecule has 1 aromatic carbocycles. The van der Waals surface area contributed by atoms with E-state index in [9.17, 15) is 13.3 Å². The van der Waals surface area contributed by atoms with E-state index in [1.165, 1.54) is 10.7 Å². The number of carbonyl (C=O) groups is 2. The molecule has 18 heavy (non-hydrogen) atoms. The maximum atomic E-state index is 12.2. The zero-order valence-electron chi connectivity index (χ0n) is 10.1. The van der Waals surface area contributed by atoms with Crippen LogP contribution in [0.15, 0.2) is 30.3 Å². The number of Topliss-reactive ketones (excluding diaryl/α,β-unsaturated/α-hetero) is 2. The van der Waals surface area contributed by atoms with Crippen molar-refractivity contribution in [2.45, 2.75) is 13.0 Å². The van der Waals surface area contributed by atoms with Gasteiger partial charge in [0.25, 0.3) is 0 Å². The van der Waals surface area contributed by atoms with Gasteiger partial charge in [0.05, 0.1) is 0 Å². The molecule has 0 amide bonds. The summed E-state index contributed by atoms with van der Waals surface area (Å²) >= 11 is -1.46. The fourth-order valence-electron chi connectivity index (χ4n) is 1.64. The molecule has 0 bridgehead atoms. The van der Waals surface area contributed by atoms with Gasteiger partial charge in [0.1, 0.15) is 0 Å². The topological polar surface area (TPSA) is 80.5 Å². The summed E-state index contributed by atoms with van der Waals surface area (Å²) in [5, 5.41) is 0. The van der Waals surface area contributed by atoms with Gasteiger partial charge in [-0.15, -0.1) is 0 Å². The van der Waals surface area contributed by atoms with Crippen LogP contribution in [-0.2, 0) is 24.9 Å². The summed E-state index contributed by atoms with van der Waals surface area (Å²) in [6.07, 6.45) is 0. The van der Waals surface area contributed by atoms with Gasteiger partial charge in [0, 0.05) is 0 Å². The SMILES string of the molecule is CC(=O)C(C(=O)c1ccccc1)[N](CCN)[V]=[O]. The van der Waals surface area contributed by atoms with Gasteiger partial charge in [0.2, 0.25) is 0 Å². The first-order chi connectivity index (χ1) is 8.61. The van der Waals surface area contributed by atoms with Crippen LogP contribution in [0.1, 0.15) is 17.3 Å². The van der Waals surface area contributed by atoms with Crippen LogP contribution in [0, 0.1) is 0 Å². The third kappa shape index (κ3) is 3.68. The molecule has 0 saturated carbocycles. The summed E-state index contributed by atoms with van der Waals surface area (Å²) in [6, 6.07) is 7.52. The first-order valence-corrected chi connectivity index (χ1v) is 6.71. The third-order valence-corrected chi connectivity index (χ3v) is 3.45. The molecule has 1 unspecified atom stereocenters. The fourth-order valence-corrected chi connectivity index (χ4v) is 2.51. The molecule has 2 N–H and O–H groups in total. The Kier molecular flexibility index (Phi) is 6.08. The quantitative estimate of drug-likeness (QED) is 0.581. The molecule has 5 nitrogen and oxygen atoms in total. The summed E-state index contributed by atoms with van der Waals surface area (Å²) in [5.41, 5.74) is 5.83. The molecule has 0 aliphatic carbocycles.